The van der Waals surface area contributed by atoms with E-state index in [1.54, 1.807) is 43.6 Å². The fourth-order valence-corrected chi connectivity index (χ4v) is 4.02. The normalized spacial score (nSPS) is 11.0. The molecule has 0 atom stereocenters. The molecule has 0 saturated carbocycles. The maximum absolute atomic E-state index is 12.6. The van der Waals surface area contributed by atoms with Gasteiger partial charge in [-0.15, -0.1) is 13.2 Å². The average molecular weight is 566 g/mol. The molecule has 0 spiro atoms. The van der Waals surface area contributed by atoms with Crippen LogP contribution in [0.4, 0.5) is 18.9 Å². The van der Waals surface area contributed by atoms with Gasteiger partial charge in [0.1, 0.15) is 17.2 Å². The number of amides is 1. The molecule has 1 amide bonds. The number of carbonyl (C=O) groups is 2. The van der Waals surface area contributed by atoms with Gasteiger partial charge in [0, 0.05) is 30.5 Å². The van der Waals surface area contributed by atoms with Gasteiger partial charge in [-0.3, -0.25) is 14.6 Å². The van der Waals surface area contributed by atoms with Gasteiger partial charge >= 0.3 is 12.3 Å². The molecule has 3 aromatic carbocycles. The first kappa shape index (κ1) is 28.9. The second-order valence-corrected chi connectivity index (χ2v) is 8.86. The molecule has 212 valence electrons. The van der Waals surface area contributed by atoms with E-state index >= 15 is 0 Å². The highest BCUT2D eigenvalue weighted by Gasteiger charge is 2.31. The summed E-state index contributed by atoms with van der Waals surface area (Å²) in [6.45, 7) is 0.439. The standard InChI is InChI=1S/C30H26F3N3O5/c1-40-24-11-7-21(26(16-24)22-8-12-27(36-18-22)29(39)34-14-13-28(37)38)17-35-23-9-5-19(6-10-23)20-3-2-4-25(15-20)41-30(31,32)33/h2-12,15-16,18,35H,13-14,17H2,1H3,(H,34,39)(H,37,38). The molecule has 1 aromatic heterocycles. The zero-order valence-corrected chi connectivity index (χ0v) is 21.9. The van der Waals surface area contributed by atoms with Gasteiger partial charge in [0.05, 0.1) is 13.5 Å². The maximum atomic E-state index is 12.6. The second-order valence-electron chi connectivity index (χ2n) is 8.86. The lowest BCUT2D eigenvalue weighted by Gasteiger charge is -2.14. The summed E-state index contributed by atoms with van der Waals surface area (Å²) in [5.74, 6) is -1.12. The molecule has 41 heavy (non-hydrogen) atoms. The van der Waals surface area contributed by atoms with Gasteiger partial charge in [-0.25, -0.2) is 0 Å². The third kappa shape index (κ3) is 8.21. The minimum atomic E-state index is -4.76. The Morgan fingerprint density at radius 1 is 0.902 bits per heavy atom. The number of hydrogen-bond donors (Lipinski definition) is 3. The molecule has 0 unspecified atom stereocenters. The third-order valence-electron chi connectivity index (χ3n) is 6.02. The molecule has 3 N–H and O–H groups in total. The van der Waals surface area contributed by atoms with Gasteiger partial charge < -0.3 is 25.2 Å². The van der Waals surface area contributed by atoms with Crippen LogP contribution >= 0.6 is 0 Å². The molecule has 0 fully saturated rings. The van der Waals surface area contributed by atoms with Crippen LogP contribution < -0.4 is 20.1 Å². The molecule has 4 aromatic rings. The summed E-state index contributed by atoms with van der Waals surface area (Å²) in [6.07, 6.45) is -3.38. The first-order chi connectivity index (χ1) is 19.6. The van der Waals surface area contributed by atoms with E-state index in [4.69, 9.17) is 9.84 Å². The Morgan fingerprint density at radius 2 is 1.66 bits per heavy atom. The second kappa shape index (κ2) is 12.9. The first-order valence-corrected chi connectivity index (χ1v) is 12.4. The van der Waals surface area contributed by atoms with Crippen molar-refractivity contribution in [3.8, 4) is 33.8 Å². The molecule has 11 heteroatoms. The zero-order chi connectivity index (χ0) is 29.4. The molecule has 8 nitrogen and oxygen atoms in total. The highest BCUT2D eigenvalue weighted by atomic mass is 19.4. The third-order valence-corrected chi connectivity index (χ3v) is 6.02. The number of hydrogen-bond acceptors (Lipinski definition) is 6. The highest BCUT2D eigenvalue weighted by molar-refractivity contribution is 5.92. The number of rotatable bonds is 11. The Balaban J connectivity index is 1.46. The lowest BCUT2D eigenvalue weighted by atomic mass is 10.00. The summed E-state index contributed by atoms with van der Waals surface area (Å²) in [7, 11) is 1.56. The van der Waals surface area contributed by atoms with E-state index < -0.39 is 18.2 Å². The quantitative estimate of drug-likeness (QED) is 0.200. The molecule has 1 heterocycles. The summed E-state index contributed by atoms with van der Waals surface area (Å²) in [6, 6.07) is 22.0. The largest absolute Gasteiger partial charge is 0.573 e. The van der Waals surface area contributed by atoms with Crippen LogP contribution in [0.1, 0.15) is 22.5 Å². The minimum absolute atomic E-state index is 0.00311. The van der Waals surface area contributed by atoms with E-state index in [-0.39, 0.29) is 24.4 Å². The number of carbonyl (C=O) groups excluding carboxylic acids is 1. The highest BCUT2D eigenvalue weighted by Crippen LogP contribution is 2.30. The number of ether oxygens (including phenoxy) is 2. The lowest BCUT2D eigenvalue weighted by molar-refractivity contribution is -0.274. The van der Waals surface area contributed by atoms with Crippen LogP contribution in [0.2, 0.25) is 0 Å². The molecule has 0 bridgehead atoms. The fourth-order valence-electron chi connectivity index (χ4n) is 4.02. The Bertz CT molecular complexity index is 1510. The number of pyridine rings is 1. The topological polar surface area (TPSA) is 110 Å². The number of aromatic nitrogens is 1. The molecular formula is C30H26F3N3O5. The van der Waals surface area contributed by atoms with Crippen LogP contribution in [0.15, 0.2) is 85.1 Å². The van der Waals surface area contributed by atoms with Crippen molar-refractivity contribution >= 4 is 17.6 Å². The predicted octanol–water partition coefficient (Wildman–Crippen LogP) is 6.14. The van der Waals surface area contributed by atoms with Crippen molar-refractivity contribution in [2.24, 2.45) is 0 Å². The molecule has 0 radical (unpaired) electrons. The van der Waals surface area contributed by atoms with Crippen LogP contribution in [0.25, 0.3) is 22.3 Å². The van der Waals surface area contributed by atoms with Gasteiger partial charge in [-0.1, -0.05) is 36.4 Å². The number of carboxylic acid groups (broad SMARTS) is 1. The average Bonchev–Trinajstić information content (AvgIpc) is 2.95. The first-order valence-electron chi connectivity index (χ1n) is 12.4. The van der Waals surface area contributed by atoms with Crippen LogP contribution in [-0.4, -0.2) is 42.0 Å². The van der Waals surface area contributed by atoms with Crippen LogP contribution in [0.5, 0.6) is 11.5 Å². The summed E-state index contributed by atoms with van der Waals surface area (Å²) in [4.78, 5) is 27.1. The van der Waals surface area contributed by atoms with E-state index in [1.165, 1.54) is 18.2 Å². The van der Waals surface area contributed by atoms with Crippen molar-refractivity contribution in [3.63, 3.8) is 0 Å². The monoisotopic (exact) mass is 565 g/mol. The Morgan fingerprint density at radius 3 is 2.32 bits per heavy atom. The number of halogens is 3. The Hall–Kier alpha value is -5.06. The number of alkyl halides is 3. The van der Waals surface area contributed by atoms with Gasteiger partial charge in [-0.05, 0) is 64.7 Å². The molecule has 0 saturated heterocycles. The van der Waals surface area contributed by atoms with Crippen molar-refractivity contribution in [3.05, 3.63) is 96.3 Å². The van der Waals surface area contributed by atoms with Crippen LogP contribution in [0.3, 0.4) is 0 Å². The predicted molar refractivity (Wildman–Crippen MR) is 147 cm³/mol. The summed E-state index contributed by atoms with van der Waals surface area (Å²) < 4.78 is 47.1. The molecule has 0 aliphatic rings. The SMILES string of the molecule is COc1ccc(CNc2ccc(-c3cccc(OC(F)(F)F)c3)cc2)c(-c2ccc(C(=O)NCCC(=O)O)nc2)c1. The minimum Gasteiger partial charge on any atom is -0.497 e. The van der Waals surface area contributed by atoms with E-state index in [9.17, 15) is 22.8 Å². The molecular weight excluding hydrogens is 539 g/mol. The van der Waals surface area contributed by atoms with Gasteiger partial charge in [0.2, 0.25) is 0 Å². The van der Waals surface area contributed by atoms with E-state index in [0.29, 0.717) is 17.9 Å². The number of aliphatic carboxylic acids is 1. The molecule has 0 aliphatic carbocycles. The number of anilines is 1. The van der Waals surface area contributed by atoms with Crippen molar-refractivity contribution in [2.45, 2.75) is 19.3 Å². The number of nitrogens with zero attached hydrogens (tertiary/aromatic N) is 1. The smallest absolute Gasteiger partial charge is 0.497 e. The van der Waals surface area contributed by atoms with Crippen molar-refractivity contribution in [2.75, 3.05) is 19.0 Å². The number of methoxy groups -OCH3 is 1. The van der Waals surface area contributed by atoms with Gasteiger partial charge in [0.25, 0.3) is 5.91 Å². The van der Waals surface area contributed by atoms with Gasteiger partial charge in [-0.2, -0.15) is 0 Å². The van der Waals surface area contributed by atoms with Crippen LogP contribution in [-0.2, 0) is 11.3 Å². The van der Waals surface area contributed by atoms with Crippen LogP contribution in [0, 0.1) is 0 Å². The molecule has 0 aliphatic heterocycles. The lowest BCUT2D eigenvalue weighted by Crippen LogP contribution is -2.26. The summed E-state index contributed by atoms with van der Waals surface area (Å²) in [5, 5.41) is 14.6. The molecule has 4 rings (SSSR count). The summed E-state index contributed by atoms with van der Waals surface area (Å²) in [5.41, 5.74) is 4.78. The number of carboxylic acids is 1. The maximum Gasteiger partial charge on any atom is 0.573 e. The number of benzene rings is 3. The van der Waals surface area contributed by atoms with Crippen molar-refractivity contribution < 1.29 is 37.3 Å². The fraction of sp³-hybridized carbons (Fsp3) is 0.167. The Labute approximate surface area is 233 Å². The zero-order valence-electron chi connectivity index (χ0n) is 21.9. The van der Waals surface area contributed by atoms with E-state index in [0.717, 1.165) is 27.9 Å². The van der Waals surface area contributed by atoms with Crippen molar-refractivity contribution in [1.82, 2.24) is 10.3 Å². The van der Waals surface area contributed by atoms with E-state index in [1.807, 2.05) is 30.3 Å². The van der Waals surface area contributed by atoms with Crippen molar-refractivity contribution in [1.29, 1.82) is 0 Å². The van der Waals surface area contributed by atoms with Gasteiger partial charge in [0.15, 0.2) is 0 Å². The Kier molecular flexibility index (Phi) is 9.08. The summed E-state index contributed by atoms with van der Waals surface area (Å²) >= 11 is 0. The number of nitrogens with one attached hydrogen (secondary N) is 2. The van der Waals surface area contributed by atoms with E-state index in [2.05, 4.69) is 20.4 Å².